The number of rotatable bonds is 3. The number of esters is 1. The SMILES string of the molecule is CCOC(=O)C1(C#N)C(=O)C(C#N)=C2CCCCC2C1c1ccccc1. The Kier molecular flexibility index (Phi) is 4.91. The Morgan fingerprint density at radius 2 is 2.00 bits per heavy atom. The van der Waals surface area contributed by atoms with Crippen molar-refractivity contribution in [2.75, 3.05) is 6.61 Å². The minimum Gasteiger partial charge on any atom is -0.464 e. The Balaban J connectivity index is 2.30. The first kappa shape index (κ1) is 17.9. The molecule has 0 spiro atoms. The second kappa shape index (κ2) is 7.14. The van der Waals surface area contributed by atoms with Gasteiger partial charge in [-0.1, -0.05) is 36.8 Å². The van der Waals surface area contributed by atoms with E-state index in [1.165, 1.54) is 0 Å². The van der Waals surface area contributed by atoms with Crippen molar-refractivity contribution < 1.29 is 14.3 Å². The molecule has 0 bridgehead atoms. The maximum atomic E-state index is 13.3. The Morgan fingerprint density at radius 1 is 1.27 bits per heavy atom. The van der Waals surface area contributed by atoms with Crippen molar-refractivity contribution in [1.29, 1.82) is 10.5 Å². The van der Waals surface area contributed by atoms with E-state index in [9.17, 15) is 20.1 Å². The lowest BCUT2D eigenvalue weighted by molar-refractivity contribution is -0.158. The Labute approximate surface area is 152 Å². The zero-order valence-corrected chi connectivity index (χ0v) is 14.7. The molecule has 0 amide bonds. The second-order valence-corrected chi connectivity index (χ2v) is 6.72. The summed E-state index contributed by atoms with van der Waals surface area (Å²) in [6.07, 6.45) is 3.25. The van der Waals surface area contributed by atoms with Crippen LogP contribution in [0.5, 0.6) is 0 Å². The first-order valence-electron chi connectivity index (χ1n) is 8.93. The average molecular weight is 348 g/mol. The minimum atomic E-state index is -2.01. The molecule has 0 aromatic heterocycles. The molecular weight excluding hydrogens is 328 g/mol. The summed E-state index contributed by atoms with van der Waals surface area (Å²) in [4.78, 5) is 26.1. The van der Waals surface area contributed by atoms with Crippen molar-refractivity contribution in [3.8, 4) is 12.1 Å². The Hall–Kier alpha value is -2.92. The van der Waals surface area contributed by atoms with Crippen LogP contribution in [0.3, 0.4) is 0 Å². The molecule has 3 rings (SSSR count). The van der Waals surface area contributed by atoms with Crippen molar-refractivity contribution in [3.05, 3.63) is 47.0 Å². The highest BCUT2D eigenvalue weighted by Crippen LogP contribution is 2.55. The van der Waals surface area contributed by atoms with Crippen LogP contribution in [-0.4, -0.2) is 18.4 Å². The van der Waals surface area contributed by atoms with Crippen LogP contribution >= 0.6 is 0 Å². The number of nitriles is 2. The molecule has 0 N–H and O–H groups in total. The van der Waals surface area contributed by atoms with E-state index in [-0.39, 0.29) is 18.1 Å². The molecular formula is C21H20N2O3. The van der Waals surface area contributed by atoms with Crippen molar-refractivity contribution in [1.82, 2.24) is 0 Å². The molecule has 132 valence electrons. The normalized spacial score (nSPS) is 27.9. The van der Waals surface area contributed by atoms with Crippen molar-refractivity contribution >= 4 is 11.8 Å². The highest BCUT2D eigenvalue weighted by atomic mass is 16.5. The van der Waals surface area contributed by atoms with Gasteiger partial charge >= 0.3 is 5.97 Å². The smallest absolute Gasteiger partial charge is 0.335 e. The lowest BCUT2D eigenvalue weighted by atomic mass is 9.55. The molecule has 0 heterocycles. The van der Waals surface area contributed by atoms with Gasteiger partial charge in [0.15, 0.2) is 0 Å². The van der Waals surface area contributed by atoms with Crippen molar-refractivity contribution in [3.63, 3.8) is 0 Å². The van der Waals surface area contributed by atoms with Gasteiger partial charge < -0.3 is 4.74 Å². The van der Waals surface area contributed by atoms with Gasteiger partial charge in [-0.2, -0.15) is 10.5 Å². The summed E-state index contributed by atoms with van der Waals surface area (Å²) < 4.78 is 5.16. The second-order valence-electron chi connectivity index (χ2n) is 6.72. The van der Waals surface area contributed by atoms with Gasteiger partial charge in [0.2, 0.25) is 11.2 Å². The van der Waals surface area contributed by atoms with E-state index in [2.05, 4.69) is 0 Å². The maximum Gasteiger partial charge on any atom is 0.335 e. The topological polar surface area (TPSA) is 90.9 Å². The molecule has 1 saturated carbocycles. The zero-order chi connectivity index (χ0) is 18.7. The van der Waals surface area contributed by atoms with Crippen LogP contribution in [0.1, 0.15) is 44.1 Å². The van der Waals surface area contributed by atoms with E-state index in [0.717, 1.165) is 30.4 Å². The van der Waals surface area contributed by atoms with E-state index < -0.39 is 23.1 Å². The van der Waals surface area contributed by atoms with Gasteiger partial charge in [0.1, 0.15) is 6.07 Å². The molecule has 2 aliphatic rings. The van der Waals surface area contributed by atoms with Crippen LogP contribution in [0.2, 0.25) is 0 Å². The third-order valence-electron chi connectivity index (χ3n) is 5.48. The fraction of sp³-hybridized carbons (Fsp3) is 0.429. The number of allylic oxidation sites excluding steroid dienone is 2. The van der Waals surface area contributed by atoms with Gasteiger partial charge in [0, 0.05) is 5.92 Å². The molecule has 0 radical (unpaired) electrons. The lowest BCUT2D eigenvalue weighted by Gasteiger charge is -2.44. The molecule has 2 aliphatic carbocycles. The molecule has 1 aromatic carbocycles. The summed E-state index contributed by atoms with van der Waals surface area (Å²) in [6, 6.07) is 13.2. The molecule has 1 fully saturated rings. The molecule has 5 heteroatoms. The fourth-order valence-corrected chi connectivity index (χ4v) is 4.40. The Bertz CT molecular complexity index is 844. The van der Waals surface area contributed by atoms with Gasteiger partial charge in [0.05, 0.1) is 18.2 Å². The summed E-state index contributed by atoms with van der Waals surface area (Å²) in [5.74, 6) is -2.36. The van der Waals surface area contributed by atoms with Crippen molar-refractivity contribution in [2.24, 2.45) is 11.3 Å². The predicted octanol–water partition coefficient (Wildman–Crippen LogP) is 3.44. The van der Waals surface area contributed by atoms with E-state index in [0.29, 0.717) is 6.42 Å². The van der Waals surface area contributed by atoms with Crippen LogP contribution in [-0.2, 0) is 14.3 Å². The molecule has 3 atom stereocenters. The number of fused-ring (bicyclic) bond motifs is 1. The fourth-order valence-electron chi connectivity index (χ4n) is 4.40. The van der Waals surface area contributed by atoms with Gasteiger partial charge in [-0.25, -0.2) is 4.79 Å². The highest BCUT2D eigenvalue weighted by Gasteiger charge is 2.61. The predicted molar refractivity (Wildman–Crippen MR) is 93.5 cm³/mol. The van der Waals surface area contributed by atoms with Gasteiger partial charge in [-0.3, -0.25) is 4.79 Å². The van der Waals surface area contributed by atoms with Crippen molar-refractivity contribution in [2.45, 2.75) is 38.5 Å². The number of carbonyl (C=O) groups excluding carboxylic acids is 2. The molecule has 3 unspecified atom stereocenters. The maximum absolute atomic E-state index is 13.3. The quantitative estimate of drug-likeness (QED) is 0.616. The largest absolute Gasteiger partial charge is 0.464 e. The van der Waals surface area contributed by atoms with Crippen LogP contribution < -0.4 is 0 Å². The number of carbonyl (C=O) groups is 2. The van der Waals surface area contributed by atoms with Gasteiger partial charge in [0.25, 0.3) is 0 Å². The third kappa shape index (κ3) is 2.52. The number of hydrogen-bond donors (Lipinski definition) is 0. The first-order valence-corrected chi connectivity index (χ1v) is 8.93. The average Bonchev–Trinajstić information content (AvgIpc) is 2.68. The van der Waals surface area contributed by atoms with Crippen LogP contribution in [0, 0.1) is 34.0 Å². The number of ketones is 1. The number of nitrogens with zero attached hydrogens (tertiary/aromatic N) is 2. The van der Waals surface area contributed by atoms with E-state index in [4.69, 9.17) is 4.74 Å². The molecule has 0 saturated heterocycles. The van der Waals surface area contributed by atoms with E-state index in [1.54, 1.807) is 6.92 Å². The van der Waals surface area contributed by atoms with E-state index in [1.807, 2.05) is 42.5 Å². The molecule has 1 aromatic rings. The summed E-state index contributed by atoms with van der Waals surface area (Å²) in [6.45, 7) is 1.71. The standard InChI is InChI=1S/C21H20N2O3/c1-2-26-20(25)21(13-23)18(14-8-4-3-5-9-14)16-11-7-6-10-15(16)17(12-22)19(21)24/h3-5,8-9,16,18H,2,6-7,10-11H2,1H3. The van der Waals surface area contributed by atoms with E-state index >= 15 is 0 Å². The number of ether oxygens (including phenoxy) is 1. The highest BCUT2D eigenvalue weighted by molar-refractivity contribution is 6.18. The summed E-state index contributed by atoms with van der Waals surface area (Å²) in [7, 11) is 0. The van der Waals surface area contributed by atoms with Crippen LogP contribution in [0.15, 0.2) is 41.5 Å². The zero-order valence-electron chi connectivity index (χ0n) is 14.7. The van der Waals surface area contributed by atoms with Crippen LogP contribution in [0.25, 0.3) is 0 Å². The molecule has 5 nitrogen and oxygen atoms in total. The minimum absolute atomic E-state index is 0.0171. The summed E-state index contributed by atoms with van der Waals surface area (Å²) in [5, 5.41) is 19.6. The number of Topliss-reactive ketones (excluding diaryl/α,β-unsaturated/α-hetero) is 1. The number of hydrogen-bond acceptors (Lipinski definition) is 5. The third-order valence-corrected chi connectivity index (χ3v) is 5.48. The lowest BCUT2D eigenvalue weighted by Crippen LogP contribution is -2.51. The van der Waals surface area contributed by atoms with Crippen LogP contribution in [0.4, 0.5) is 0 Å². The number of benzene rings is 1. The summed E-state index contributed by atoms with van der Waals surface area (Å²) >= 11 is 0. The summed E-state index contributed by atoms with van der Waals surface area (Å²) in [5.41, 5.74) is -0.463. The first-order chi connectivity index (χ1) is 12.6. The molecule has 26 heavy (non-hydrogen) atoms. The van der Waals surface area contributed by atoms with Gasteiger partial charge in [-0.05, 0) is 43.2 Å². The van der Waals surface area contributed by atoms with Gasteiger partial charge in [-0.15, -0.1) is 0 Å². The monoisotopic (exact) mass is 348 g/mol. The molecule has 0 aliphatic heterocycles. The Morgan fingerprint density at radius 3 is 2.62 bits per heavy atom.